The topological polar surface area (TPSA) is 86.3 Å². The summed E-state index contributed by atoms with van der Waals surface area (Å²) in [4.78, 5) is 7.25. The minimum Gasteiger partial charge on any atom is -0.361 e. The Bertz CT molecular complexity index is 866. The van der Waals surface area contributed by atoms with E-state index in [1.807, 2.05) is 6.20 Å². The number of aromatic nitrogens is 1. The molecular weight excluding hydrogens is 458 g/mol. The van der Waals surface area contributed by atoms with Crippen molar-refractivity contribution >= 4 is 50.7 Å². The predicted molar refractivity (Wildman–Crippen MR) is 109 cm³/mol. The molecule has 1 unspecified atom stereocenters. The van der Waals surface area contributed by atoms with Crippen LogP contribution in [0.25, 0.3) is 10.9 Å². The largest absolute Gasteiger partial charge is 0.361 e. The van der Waals surface area contributed by atoms with Gasteiger partial charge in [0.1, 0.15) is 5.82 Å². The fourth-order valence-corrected chi connectivity index (χ4v) is 4.64. The van der Waals surface area contributed by atoms with Gasteiger partial charge >= 0.3 is 0 Å². The van der Waals surface area contributed by atoms with Crippen LogP contribution >= 0.6 is 24.0 Å². The van der Waals surface area contributed by atoms with E-state index < -0.39 is 9.84 Å². The third-order valence-electron chi connectivity index (χ3n) is 4.21. The number of nitrogens with one attached hydrogen (secondary N) is 3. The molecule has 3 rings (SSSR count). The van der Waals surface area contributed by atoms with Crippen molar-refractivity contribution in [2.75, 3.05) is 25.1 Å². The minimum atomic E-state index is -2.92. The van der Waals surface area contributed by atoms with Crippen molar-refractivity contribution < 1.29 is 12.8 Å². The van der Waals surface area contributed by atoms with Gasteiger partial charge in [0, 0.05) is 36.7 Å². The molecule has 3 N–H and O–H groups in total. The van der Waals surface area contributed by atoms with Gasteiger partial charge in [-0.15, -0.1) is 24.0 Å². The Morgan fingerprint density at radius 2 is 2.24 bits per heavy atom. The maximum Gasteiger partial charge on any atom is 0.191 e. The van der Waals surface area contributed by atoms with E-state index >= 15 is 0 Å². The lowest BCUT2D eigenvalue weighted by atomic mass is 10.1. The van der Waals surface area contributed by atoms with Crippen molar-refractivity contribution in [3.05, 3.63) is 35.8 Å². The first kappa shape index (κ1) is 20.0. The maximum absolute atomic E-state index is 13.4. The summed E-state index contributed by atoms with van der Waals surface area (Å²) in [7, 11) is -1.27. The van der Waals surface area contributed by atoms with E-state index in [0.717, 1.165) is 16.5 Å². The standard InChI is InChI=1S/C16H21FN4O2S.HI/c1-18-16(21-13-5-7-24(22,23)10-13)19-6-4-11-9-20-15-3-2-12(17)8-14(11)15;/h2-3,8-9,13,20H,4-7,10H2,1H3,(H2,18,19,21);1H. The Morgan fingerprint density at radius 1 is 1.44 bits per heavy atom. The van der Waals surface area contributed by atoms with Crippen molar-refractivity contribution in [3.63, 3.8) is 0 Å². The third kappa shape index (κ3) is 5.06. The summed E-state index contributed by atoms with van der Waals surface area (Å²) in [6, 6.07) is 4.59. The molecule has 0 amide bonds. The van der Waals surface area contributed by atoms with Gasteiger partial charge in [-0.1, -0.05) is 0 Å². The summed E-state index contributed by atoms with van der Waals surface area (Å²) >= 11 is 0. The number of hydrogen-bond acceptors (Lipinski definition) is 3. The van der Waals surface area contributed by atoms with Crippen LogP contribution in [0.15, 0.2) is 29.4 Å². The molecule has 2 heterocycles. The third-order valence-corrected chi connectivity index (χ3v) is 5.98. The van der Waals surface area contributed by atoms with Crippen molar-refractivity contribution in [3.8, 4) is 0 Å². The lowest BCUT2D eigenvalue weighted by Crippen LogP contribution is -2.44. The van der Waals surface area contributed by atoms with Crippen LogP contribution in [0.4, 0.5) is 4.39 Å². The van der Waals surface area contributed by atoms with E-state index in [-0.39, 0.29) is 47.3 Å². The summed E-state index contributed by atoms with van der Waals surface area (Å²) in [5.74, 6) is 0.706. The molecule has 9 heteroatoms. The second-order valence-corrected chi connectivity index (χ2v) is 8.23. The Balaban J connectivity index is 0.00000225. The lowest BCUT2D eigenvalue weighted by molar-refractivity contribution is 0.599. The summed E-state index contributed by atoms with van der Waals surface area (Å²) < 4.78 is 36.4. The smallest absolute Gasteiger partial charge is 0.191 e. The van der Waals surface area contributed by atoms with E-state index in [0.29, 0.717) is 25.3 Å². The lowest BCUT2D eigenvalue weighted by Gasteiger charge is -2.15. The first-order valence-corrected chi connectivity index (χ1v) is 9.72. The van der Waals surface area contributed by atoms with Crippen LogP contribution in [0.2, 0.25) is 0 Å². The highest BCUT2D eigenvalue weighted by Crippen LogP contribution is 2.19. The Morgan fingerprint density at radius 3 is 2.92 bits per heavy atom. The number of fused-ring (bicyclic) bond motifs is 1. The molecule has 1 aliphatic heterocycles. The van der Waals surface area contributed by atoms with Crippen LogP contribution < -0.4 is 10.6 Å². The molecule has 1 saturated heterocycles. The molecule has 1 aromatic heterocycles. The minimum absolute atomic E-state index is 0. The van der Waals surface area contributed by atoms with Gasteiger partial charge in [-0.3, -0.25) is 4.99 Å². The Labute approximate surface area is 163 Å². The molecule has 1 fully saturated rings. The fourth-order valence-electron chi connectivity index (χ4n) is 2.97. The van der Waals surface area contributed by atoms with Crippen LogP contribution in [0, 0.1) is 5.82 Å². The van der Waals surface area contributed by atoms with Crippen LogP contribution in [0.3, 0.4) is 0 Å². The molecule has 0 spiro atoms. The fraction of sp³-hybridized carbons (Fsp3) is 0.438. The summed E-state index contributed by atoms with van der Waals surface area (Å²) in [6.07, 6.45) is 3.18. The van der Waals surface area contributed by atoms with E-state index in [9.17, 15) is 12.8 Å². The average Bonchev–Trinajstić information content (AvgIpc) is 3.09. The molecule has 1 aliphatic rings. The zero-order chi connectivity index (χ0) is 17.2. The number of rotatable bonds is 4. The highest BCUT2D eigenvalue weighted by molar-refractivity contribution is 14.0. The number of halogens is 2. The predicted octanol–water partition coefficient (Wildman–Crippen LogP) is 1.82. The Kier molecular flexibility index (Phi) is 6.66. The second-order valence-electron chi connectivity index (χ2n) is 6.00. The highest BCUT2D eigenvalue weighted by Gasteiger charge is 2.28. The second kappa shape index (κ2) is 8.35. The molecule has 0 radical (unpaired) electrons. The zero-order valence-corrected chi connectivity index (χ0v) is 17.0. The number of nitrogens with zero attached hydrogens (tertiary/aromatic N) is 1. The molecule has 0 aliphatic carbocycles. The Hall–Kier alpha value is -1.36. The van der Waals surface area contributed by atoms with Gasteiger partial charge in [0.05, 0.1) is 11.5 Å². The number of hydrogen-bond donors (Lipinski definition) is 3. The van der Waals surface area contributed by atoms with Crippen LogP contribution in [-0.4, -0.2) is 50.5 Å². The van der Waals surface area contributed by atoms with Crippen LogP contribution in [-0.2, 0) is 16.3 Å². The van der Waals surface area contributed by atoms with Gasteiger partial charge in [-0.05, 0) is 36.6 Å². The van der Waals surface area contributed by atoms with Crippen LogP contribution in [0.1, 0.15) is 12.0 Å². The van der Waals surface area contributed by atoms with Gasteiger partial charge in [-0.2, -0.15) is 0 Å². The molecule has 1 aromatic carbocycles. The number of sulfone groups is 1. The first-order chi connectivity index (χ1) is 11.5. The molecule has 138 valence electrons. The quantitative estimate of drug-likeness (QED) is 0.354. The van der Waals surface area contributed by atoms with Gasteiger partial charge < -0.3 is 15.6 Å². The number of H-pyrrole nitrogens is 1. The zero-order valence-electron chi connectivity index (χ0n) is 13.9. The number of benzene rings is 1. The molecule has 1 atom stereocenters. The van der Waals surface area contributed by atoms with Gasteiger partial charge in [0.15, 0.2) is 15.8 Å². The number of guanidine groups is 1. The van der Waals surface area contributed by atoms with Crippen molar-refractivity contribution in [2.24, 2.45) is 4.99 Å². The molecular formula is C16H22FIN4O2S. The highest BCUT2D eigenvalue weighted by atomic mass is 127. The van der Waals surface area contributed by atoms with Crippen molar-refractivity contribution in [1.82, 2.24) is 15.6 Å². The average molecular weight is 480 g/mol. The number of aromatic amines is 1. The van der Waals surface area contributed by atoms with Gasteiger partial charge in [0.2, 0.25) is 0 Å². The molecule has 2 aromatic rings. The van der Waals surface area contributed by atoms with E-state index in [2.05, 4.69) is 20.6 Å². The monoisotopic (exact) mass is 480 g/mol. The summed E-state index contributed by atoms with van der Waals surface area (Å²) in [5.41, 5.74) is 1.93. The van der Waals surface area contributed by atoms with E-state index in [1.165, 1.54) is 12.1 Å². The maximum atomic E-state index is 13.4. The van der Waals surface area contributed by atoms with Crippen molar-refractivity contribution in [1.29, 1.82) is 0 Å². The molecule has 25 heavy (non-hydrogen) atoms. The van der Waals surface area contributed by atoms with E-state index in [1.54, 1.807) is 13.1 Å². The van der Waals surface area contributed by atoms with E-state index in [4.69, 9.17) is 0 Å². The van der Waals surface area contributed by atoms with Gasteiger partial charge in [0.25, 0.3) is 0 Å². The first-order valence-electron chi connectivity index (χ1n) is 7.90. The number of aliphatic imine (C=N–C) groups is 1. The normalized spacial score (nSPS) is 19.6. The van der Waals surface area contributed by atoms with Crippen LogP contribution in [0.5, 0.6) is 0 Å². The SMILES string of the molecule is CN=C(NCCc1c[nH]c2ccc(F)cc12)NC1CCS(=O)(=O)C1.I. The van der Waals surface area contributed by atoms with Gasteiger partial charge in [-0.25, -0.2) is 12.8 Å². The molecule has 0 bridgehead atoms. The molecule has 6 nitrogen and oxygen atoms in total. The van der Waals surface area contributed by atoms with Crippen molar-refractivity contribution in [2.45, 2.75) is 18.9 Å². The summed E-state index contributed by atoms with van der Waals surface area (Å²) in [5, 5.41) is 7.19. The molecule has 0 saturated carbocycles. The summed E-state index contributed by atoms with van der Waals surface area (Å²) in [6.45, 7) is 0.614.